The molecule has 1 aromatic rings. The average Bonchev–Trinajstić information content (AvgIpc) is 2.54. The molecule has 1 heterocycles. The first-order chi connectivity index (χ1) is 10.6. The Morgan fingerprint density at radius 2 is 1.86 bits per heavy atom. The third-order valence-corrected chi connectivity index (χ3v) is 5.30. The monoisotopic (exact) mass is 320 g/mol. The minimum atomic E-state index is -0.0102. The molecule has 1 N–H and O–H groups in total. The molecule has 0 spiro atoms. The van der Waals surface area contributed by atoms with Crippen molar-refractivity contribution >= 4 is 17.7 Å². The summed E-state index contributed by atoms with van der Waals surface area (Å²) in [5.41, 5.74) is 1.27. The lowest BCUT2D eigenvalue weighted by Gasteiger charge is -2.29. The van der Waals surface area contributed by atoms with Gasteiger partial charge in [0, 0.05) is 18.3 Å². The van der Waals surface area contributed by atoms with Crippen LogP contribution in [0.5, 0.6) is 0 Å². The number of hydrogen-bond donors (Lipinski definition) is 1. The Hall–Kier alpha value is -1.00. The molecule has 0 saturated carbocycles. The second kappa shape index (κ2) is 9.21. The van der Waals surface area contributed by atoms with Crippen LogP contribution in [0.3, 0.4) is 0 Å². The van der Waals surface area contributed by atoms with E-state index in [2.05, 4.69) is 29.3 Å². The normalized spacial score (nSPS) is 18.6. The van der Waals surface area contributed by atoms with Crippen molar-refractivity contribution in [2.75, 3.05) is 19.6 Å². The summed E-state index contributed by atoms with van der Waals surface area (Å²) in [5.74, 6) is 1.04. The van der Waals surface area contributed by atoms with Crippen LogP contribution in [0.2, 0.25) is 0 Å². The van der Waals surface area contributed by atoms with E-state index in [9.17, 15) is 4.79 Å². The highest BCUT2D eigenvalue weighted by atomic mass is 32.2. The molecule has 0 aromatic heterocycles. The molecule has 1 amide bonds. The molecule has 0 aliphatic carbocycles. The van der Waals surface area contributed by atoms with Gasteiger partial charge in [-0.05, 0) is 45.3 Å². The van der Waals surface area contributed by atoms with Gasteiger partial charge in [0.05, 0.1) is 5.25 Å². The molecule has 2 rings (SSSR count). The molecule has 0 bridgehead atoms. The fourth-order valence-corrected chi connectivity index (χ4v) is 3.66. The van der Waals surface area contributed by atoms with Crippen LogP contribution in [0.4, 0.5) is 0 Å². The molecule has 2 unspecified atom stereocenters. The largest absolute Gasteiger partial charge is 0.351 e. The standard InChI is InChI=1S/C18H28N2OS/c1-15(13-20-11-7-4-8-12-20)19-18(21)16(2)22-14-17-9-5-3-6-10-17/h3,5-6,9-10,15-16H,4,7-8,11-14H2,1-2H3,(H,19,21). The molecule has 1 aliphatic heterocycles. The number of thioether (sulfide) groups is 1. The van der Waals surface area contributed by atoms with Crippen LogP contribution in [0.1, 0.15) is 38.7 Å². The summed E-state index contributed by atoms with van der Waals surface area (Å²) in [4.78, 5) is 14.7. The topological polar surface area (TPSA) is 32.3 Å². The van der Waals surface area contributed by atoms with Crippen LogP contribution in [0.25, 0.3) is 0 Å². The van der Waals surface area contributed by atoms with E-state index >= 15 is 0 Å². The maximum absolute atomic E-state index is 12.3. The second-order valence-corrected chi connectivity index (χ2v) is 7.54. The number of amides is 1. The minimum Gasteiger partial charge on any atom is -0.351 e. The first-order valence-corrected chi connectivity index (χ1v) is 9.38. The molecule has 1 fully saturated rings. The summed E-state index contributed by atoms with van der Waals surface area (Å²) >= 11 is 1.70. The molecule has 4 heteroatoms. The number of hydrogen-bond acceptors (Lipinski definition) is 3. The highest BCUT2D eigenvalue weighted by Gasteiger charge is 2.18. The van der Waals surface area contributed by atoms with Crippen LogP contribution in [-0.4, -0.2) is 41.7 Å². The van der Waals surface area contributed by atoms with E-state index in [1.807, 2.05) is 25.1 Å². The van der Waals surface area contributed by atoms with Crippen molar-refractivity contribution in [2.24, 2.45) is 0 Å². The molecule has 22 heavy (non-hydrogen) atoms. The summed E-state index contributed by atoms with van der Waals surface area (Å²) in [6, 6.07) is 10.5. The molecular formula is C18H28N2OS. The number of nitrogens with zero attached hydrogens (tertiary/aromatic N) is 1. The van der Waals surface area contributed by atoms with Gasteiger partial charge < -0.3 is 10.2 Å². The van der Waals surface area contributed by atoms with Gasteiger partial charge in [-0.15, -0.1) is 11.8 Å². The Bertz CT molecular complexity index is 446. The lowest BCUT2D eigenvalue weighted by molar-refractivity contribution is -0.121. The van der Waals surface area contributed by atoms with Crippen molar-refractivity contribution in [1.29, 1.82) is 0 Å². The molecule has 2 atom stereocenters. The molecule has 1 aromatic carbocycles. The van der Waals surface area contributed by atoms with Gasteiger partial charge in [-0.3, -0.25) is 4.79 Å². The number of nitrogens with one attached hydrogen (secondary N) is 1. The van der Waals surface area contributed by atoms with Gasteiger partial charge in [0.25, 0.3) is 0 Å². The van der Waals surface area contributed by atoms with Crippen LogP contribution in [0, 0.1) is 0 Å². The summed E-state index contributed by atoms with van der Waals surface area (Å²) in [6.45, 7) is 7.44. The zero-order valence-corrected chi connectivity index (χ0v) is 14.6. The maximum Gasteiger partial charge on any atom is 0.233 e. The van der Waals surface area contributed by atoms with E-state index in [0.717, 1.165) is 12.3 Å². The van der Waals surface area contributed by atoms with E-state index in [-0.39, 0.29) is 17.2 Å². The Kier molecular flexibility index (Phi) is 7.26. The average molecular weight is 321 g/mol. The number of piperidine rings is 1. The van der Waals surface area contributed by atoms with Gasteiger partial charge in [-0.1, -0.05) is 36.8 Å². The van der Waals surface area contributed by atoms with Gasteiger partial charge in [0.1, 0.15) is 0 Å². The first kappa shape index (κ1) is 17.4. The first-order valence-electron chi connectivity index (χ1n) is 8.33. The predicted molar refractivity (Wildman–Crippen MR) is 95.1 cm³/mol. The van der Waals surface area contributed by atoms with Gasteiger partial charge in [0.2, 0.25) is 5.91 Å². The van der Waals surface area contributed by atoms with Gasteiger partial charge in [-0.25, -0.2) is 0 Å². The zero-order valence-electron chi connectivity index (χ0n) is 13.8. The van der Waals surface area contributed by atoms with Crippen molar-refractivity contribution < 1.29 is 4.79 Å². The number of carbonyl (C=O) groups excluding carboxylic acids is 1. The Balaban J connectivity index is 1.68. The van der Waals surface area contributed by atoms with Crippen LogP contribution in [0.15, 0.2) is 30.3 Å². The lowest BCUT2D eigenvalue weighted by atomic mass is 10.1. The van der Waals surface area contributed by atoms with Crippen molar-refractivity contribution in [3.8, 4) is 0 Å². The molecular weight excluding hydrogens is 292 g/mol. The van der Waals surface area contributed by atoms with E-state index in [1.165, 1.54) is 37.9 Å². The van der Waals surface area contributed by atoms with Crippen LogP contribution >= 0.6 is 11.8 Å². The third kappa shape index (κ3) is 6.01. The van der Waals surface area contributed by atoms with Crippen molar-refractivity contribution in [3.05, 3.63) is 35.9 Å². The van der Waals surface area contributed by atoms with Crippen molar-refractivity contribution in [1.82, 2.24) is 10.2 Å². The molecule has 1 aliphatic rings. The quantitative estimate of drug-likeness (QED) is 0.836. The summed E-state index contributed by atoms with van der Waals surface area (Å²) in [7, 11) is 0. The number of carbonyl (C=O) groups is 1. The highest BCUT2D eigenvalue weighted by molar-refractivity contribution is 7.99. The zero-order chi connectivity index (χ0) is 15.8. The van der Waals surface area contributed by atoms with E-state index < -0.39 is 0 Å². The molecule has 3 nitrogen and oxygen atoms in total. The SMILES string of the molecule is CC(CN1CCCCC1)NC(=O)C(C)SCc1ccccc1. The highest BCUT2D eigenvalue weighted by Crippen LogP contribution is 2.17. The smallest absolute Gasteiger partial charge is 0.233 e. The second-order valence-electron chi connectivity index (χ2n) is 6.21. The van der Waals surface area contributed by atoms with Gasteiger partial charge in [0.15, 0.2) is 0 Å². The van der Waals surface area contributed by atoms with E-state index in [1.54, 1.807) is 11.8 Å². The van der Waals surface area contributed by atoms with E-state index in [4.69, 9.17) is 0 Å². The maximum atomic E-state index is 12.3. The molecule has 122 valence electrons. The Morgan fingerprint density at radius 3 is 2.55 bits per heavy atom. The minimum absolute atomic E-state index is 0.0102. The molecule has 0 radical (unpaired) electrons. The van der Waals surface area contributed by atoms with Crippen molar-refractivity contribution in [2.45, 2.75) is 50.2 Å². The molecule has 1 saturated heterocycles. The summed E-state index contributed by atoms with van der Waals surface area (Å²) < 4.78 is 0. The van der Waals surface area contributed by atoms with Crippen LogP contribution < -0.4 is 5.32 Å². The number of rotatable bonds is 7. The Morgan fingerprint density at radius 1 is 1.18 bits per heavy atom. The van der Waals surface area contributed by atoms with Crippen molar-refractivity contribution in [3.63, 3.8) is 0 Å². The fraction of sp³-hybridized carbons (Fsp3) is 0.611. The lowest BCUT2D eigenvalue weighted by Crippen LogP contribution is -2.45. The van der Waals surface area contributed by atoms with E-state index in [0.29, 0.717) is 0 Å². The third-order valence-electron chi connectivity index (χ3n) is 4.08. The summed E-state index contributed by atoms with van der Waals surface area (Å²) in [5, 5.41) is 3.15. The Labute approximate surface area is 138 Å². The number of benzene rings is 1. The van der Waals surface area contributed by atoms with Gasteiger partial charge >= 0.3 is 0 Å². The van der Waals surface area contributed by atoms with Crippen LogP contribution in [-0.2, 0) is 10.5 Å². The summed E-state index contributed by atoms with van der Waals surface area (Å²) in [6.07, 6.45) is 3.94. The van der Waals surface area contributed by atoms with Gasteiger partial charge in [-0.2, -0.15) is 0 Å². The fourth-order valence-electron chi connectivity index (χ4n) is 2.81. The number of likely N-dealkylation sites (tertiary alicyclic amines) is 1. The predicted octanol–water partition coefficient (Wildman–Crippen LogP) is 3.30.